The summed E-state index contributed by atoms with van der Waals surface area (Å²) in [5, 5.41) is 0. The molecule has 0 spiro atoms. The van der Waals surface area contributed by atoms with Gasteiger partial charge < -0.3 is 19.3 Å². The molecule has 1 amide bonds. The van der Waals surface area contributed by atoms with Gasteiger partial charge in [-0.15, -0.1) is 0 Å². The van der Waals surface area contributed by atoms with E-state index < -0.39 is 0 Å². The fraction of sp³-hybridized carbons (Fsp3) is 0.350. The summed E-state index contributed by atoms with van der Waals surface area (Å²) >= 11 is 0. The average Bonchev–Trinajstić information content (AvgIpc) is 2.58. The van der Waals surface area contributed by atoms with Crippen LogP contribution in [0.25, 0.3) is 0 Å². The molecule has 0 N–H and O–H groups in total. The number of nitrogens with zero attached hydrogens (tertiary/aromatic N) is 2. The Balaban J connectivity index is 1.49. The van der Waals surface area contributed by atoms with Crippen molar-refractivity contribution in [1.29, 1.82) is 0 Å². The van der Waals surface area contributed by atoms with E-state index in [0.717, 1.165) is 17.0 Å². The number of carbonyl (C=O) groups excluding carboxylic acids is 1. The molecule has 5 heteroatoms. The molecule has 0 bridgehead atoms. The Kier molecular flexibility index (Phi) is 5.12. The van der Waals surface area contributed by atoms with Crippen LogP contribution in [0.5, 0.6) is 11.5 Å². The molecular weight excluding hydrogens is 316 g/mol. The first-order valence-corrected chi connectivity index (χ1v) is 8.40. The lowest BCUT2D eigenvalue weighted by atomic mass is 10.1. The molecule has 3 rings (SSSR count). The van der Waals surface area contributed by atoms with E-state index in [2.05, 4.69) is 0 Å². The molecule has 1 aliphatic rings. The maximum absolute atomic E-state index is 12.4. The Morgan fingerprint density at radius 1 is 1.08 bits per heavy atom. The van der Waals surface area contributed by atoms with Gasteiger partial charge in [-0.3, -0.25) is 4.79 Å². The van der Waals surface area contributed by atoms with Crippen molar-refractivity contribution in [2.75, 3.05) is 39.2 Å². The smallest absolute Gasteiger partial charge is 0.227 e. The number of amides is 1. The van der Waals surface area contributed by atoms with Crippen LogP contribution in [0.1, 0.15) is 5.56 Å². The number of likely N-dealkylation sites (tertiary alicyclic amines) is 1. The van der Waals surface area contributed by atoms with Gasteiger partial charge in [0.1, 0.15) is 6.10 Å². The quantitative estimate of drug-likeness (QED) is 0.811. The van der Waals surface area contributed by atoms with Gasteiger partial charge in [0.2, 0.25) is 5.91 Å². The third kappa shape index (κ3) is 4.05. The fourth-order valence-corrected chi connectivity index (χ4v) is 2.81. The molecule has 132 valence electrons. The zero-order valence-corrected chi connectivity index (χ0v) is 14.9. The Morgan fingerprint density at radius 2 is 1.72 bits per heavy atom. The van der Waals surface area contributed by atoms with E-state index in [4.69, 9.17) is 9.47 Å². The van der Waals surface area contributed by atoms with E-state index >= 15 is 0 Å². The van der Waals surface area contributed by atoms with Crippen molar-refractivity contribution >= 4 is 11.6 Å². The topological polar surface area (TPSA) is 42.0 Å². The summed E-state index contributed by atoms with van der Waals surface area (Å²) < 4.78 is 11.2. The van der Waals surface area contributed by atoms with Crippen molar-refractivity contribution in [1.82, 2.24) is 4.90 Å². The average molecular weight is 340 g/mol. The van der Waals surface area contributed by atoms with Crippen LogP contribution in [0.4, 0.5) is 5.69 Å². The highest BCUT2D eigenvalue weighted by Gasteiger charge is 2.32. The number of carbonyl (C=O) groups is 1. The van der Waals surface area contributed by atoms with Gasteiger partial charge in [0, 0.05) is 19.8 Å². The SMILES string of the molecule is COc1ccccc1OC1CN(C(=O)Cc2ccc(N(C)C)cc2)C1. The Labute approximate surface area is 148 Å². The minimum absolute atomic E-state index is 0.0244. The van der Waals surface area contributed by atoms with E-state index in [1.165, 1.54) is 0 Å². The van der Waals surface area contributed by atoms with Crippen LogP contribution < -0.4 is 14.4 Å². The van der Waals surface area contributed by atoms with E-state index in [9.17, 15) is 4.79 Å². The van der Waals surface area contributed by atoms with Crippen molar-refractivity contribution in [2.24, 2.45) is 0 Å². The summed E-state index contributed by atoms with van der Waals surface area (Å²) in [6.45, 7) is 1.24. The second kappa shape index (κ2) is 7.47. The van der Waals surface area contributed by atoms with Crippen LogP contribution in [-0.4, -0.2) is 51.2 Å². The highest BCUT2D eigenvalue weighted by atomic mass is 16.5. The lowest BCUT2D eigenvalue weighted by Crippen LogP contribution is -2.56. The number of ether oxygens (including phenoxy) is 2. The minimum Gasteiger partial charge on any atom is -0.493 e. The minimum atomic E-state index is 0.0244. The lowest BCUT2D eigenvalue weighted by molar-refractivity contribution is -0.139. The van der Waals surface area contributed by atoms with E-state index in [1.807, 2.05) is 72.4 Å². The number of para-hydroxylation sites is 2. The molecule has 1 heterocycles. The molecule has 25 heavy (non-hydrogen) atoms. The normalized spacial score (nSPS) is 14.0. The zero-order valence-electron chi connectivity index (χ0n) is 14.9. The van der Waals surface area contributed by atoms with Gasteiger partial charge in [0.25, 0.3) is 0 Å². The molecule has 0 unspecified atom stereocenters. The summed E-state index contributed by atoms with van der Waals surface area (Å²) in [5.74, 6) is 1.58. The zero-order chi connectivity index (χ0) is 17.8. The largest absolute Gasteiger partial charge is 0.493 e. The summed E-state index contributed by atoms with van der Waals surface area (Å²) in [6, 6.07) is 15.7. The number of rotatable bonds is 6. The van der Waals surface area contributed by atoms with Gasteiger partial charge in [-0.05, 0) is 29.8 Å². The van der Waals surface area contributed by atoms with E-state index in [1.54, 1.807) is 7.11 Å². The van der Waals surface area contributed by atoms with Crippen LogP contribution >= 0.6 is 0 Å². The van der Waals surface area contributed by atoms with Gasteiger partial charge in [0.15, 0.2) is 11.5 Å². The summed E-state index contributed by atoms with van der Waals surface area (Å²) in [4.78, 5) is 16.2. The van der Waals surface area contributed by atoms with Gasteiger partial charge in [-0.1, -0.05) is 24.3 Å². The second-order valence-electron chi connectivity index (χ2n) is 6.43. The maximum Gasteiger partial charge on any atom is 0.227 e. The Morgan fingerprint density at radius 3 is 2.32 bits per heavy atom. The number of benzene rings is 2. The molecule has 0 saturated carbocycles. The number of methoxy groups -OCH3 is 1. The summed E-state index contributed by atoms with van der Waals surface area (Å²) in [6.07, 6.45) is 0.450. The lowest BCUT2D eigenvalue weighted by Gasteiger charge is -2.39. The molecule has 2 aromatic carbocycles. The first kappa shape index (κ1) is 17.1. The first-order chi connectivity index (χ1) is 12.1. The molecular formula is C20H24N2O3. The van der Waals surface area contributed by atoms with Gasteiger partial charge >= 0.3 is 0 Å². The van der Waals surface area contributed by atoms with Crippen molar-refractivity contribution in [3.63, 3.8) is 0 Å². The maximum atomic E-state index is 12.4. The number of anilines is 1. The summed E-state index contributed by atoms with van der Waals surface area (Å²) in [7, 11) is 5.63. The van der Waals surface area contributed by atoms with E-state index in [0.29, 0.717) is 25.3 Å². The van der Waals surface area contributed by atoms with Crippen molar-refractivity contribution in [3.05, 3.63) is 54.1 Å². The third-order valence-corrected chi connectivity index (χ3v) is 4.37. The predicted octanol–water partition coefficient (Wildman–Crippen LogP) is 2.59. The molecule has 0 radical (unpaired) electrons. The standard InChI is InChI=1S/C20H24N2O3/c1-21(2)16-10-8-15(9-11-16)12-20(23)22-13-17(14-22)25-19-7-5-4-6-18(19)24-3/h4-11,17H,12-14H2,1-3H3. The molecule has 1 fully saturated rings. The van der Waals surface area contributed by atoms with Gasteiger partial charge in [0.05, 0.1) is 26.6 Å². The highest BCUT2D eigenvalue weighted by Crippen LogP contribution is 2.28. The molecule has 0 aliphatic carbocycles. The molecule has 0 aromatic heterocycles. The number of hydrogen-bond acceptors (Lipinski definition) is 4. The number of hydrogen-bond donors (Lipinski definition) is 0. The van der Waals surface area contributed by atoms with Crippen LogP contribution in [0.3, 0.4) is 0 Å². The molecule has 0 atom stereocenters. The molecule has 2 aromatic rings. The molecule has 1 saturated heterocycles. The van der Waals surface area contributed by atoms with Crippen molar-refractivity contribution < 1.29 is 14.3 Å². The fourth-order valence-electron chi connectivity index (χ4n) is 2.81. The highest BCUT2D eigenvalue weighted by molar-refractivity contribution is 5.79. The molecule has 5 nitrogen and oxygen atoms in total. The monoisotopic (exact) mass is 340 g/mol. The summed E-state index contributed by atoms with van der Waals surface area (Å²) in [5.41, 5.74) is 2.16. The first-order valence-electron chi connectivity index (χ1n) is 8.40. The van der Waals surface area contributed by atoms with Crippen molar-refractivity contribution in [2.45, 2.75) is 12.5 Å². The second-order valence-corrected chi connectivity index (χ2v) is 6.43. The Hall–Kier alpha value is -2.69. The van der Waals surface area contributed by atoms with Gasteiger partial charge in [-0.2, -0.15) is 0 Å². The van der Waals surface area contributed by atoms with Crippen LogP contribution in [0, 0.1) is 0 Å². The van der Waals surface area contributed by atoms with Crippen LogP contribution in [0.2, 0.25) is 0 Å². The van der Waals surface area contributed by atoms with Crippen LogP contribution in [-0.2, 0) is 11.2 Å². The van der Waals surface area contributed by atoms with Crippen LogP contribution in [0.15, 0.2) is 48.5 Å². The van der Waals surface area contributed by atoms with Crippen molar-refractivity contribution in [3.8, 4) is 11.5 Å². The Bertz CT molecular complexity index is 722. The predicted molar refractivity (Wildman–Crippen MR) is 98.5 cm³/mol. The molecule has 1 aliphatic heterocycles. The van der Waals surface area contributed by atoms with E-state index in [-0.39, 0.29) is 12.0 Å². The van der Waals surface area contributed by atoms with Gasteiger partial charge in [-0.25, -0.2) is 0 Å². The third-order valence-electron chi connectivity index (χ3n) is 4.37.